The van der Waals surface area contributed by atoms with Crippen LogP contribution in [0.3, 0.4) is 0 Å². The lowest BCUT2D eigenvalue weighted by atomic mass is 10.1. The molecular weight excluding hydrogens is 301 g/mol. The second kappa shape index (κ2) is 6.28. The van der Waals surface area contributed by atoms with Crippen LogP contribution < -0.4 is 11.1 Å². The predicted molar refractivity (Wildman–Crippen MR) is 74.8 cm³/mol. The first-order valence-corrected chi connectivity index (χ1v) is 6.93. The van der Waals surface area contributed by atoms with Gasteiger partial charge in [-0.25, -0.2) is 0 Å². The Bertz CT molecular complexity index is 637. The summed E-state index contributed by atoms with van der Waals surface area (Å²) in [5.74, 6) is -0.482. The number of nitrogens with one attached hydrogen (secondary N) is 1. The molecule has 1 amide bonds. The van der Waals surface area contributed by atoms with Crippen LogP contribution >= 0.6 is 11.3 Å². The van der Waals surface area contributed by atoms with Crippen LogP contribution in [0.4, 0.5) is 13.2 Å². The van der Waals surface area contributed by atoms with Crippen LogP contribution in [0.2, 0.25) is 0 Å². The van der Waals surface area contributed by atoms with E-state index < -0.39 is 17.6 Å². The molecule has 3 nitrogen and oxygen atoms in total. The molecule has 2 aromatic rings. The number of hydrogen-bond acceptors (Lipinski definition) is 3. The van der Waals surface area contributed by atoms with Crippen LogP contribution in [0.15, 0.2) is 36.4 Å². The van der Waals surface area contributed by atoms with Crippen LogP contribution in [0.5, 0.6) is 0 Å². The lowest BCUT2D eigenvalue weighted by Gasteiger charge is -2.09. The van der Waals surface area contributed by atoms with Crippen molar-refractivity contribution >= 4 is 17.2 Å². The number of thiophene rings is 1. The number of halogens is 3. The summed E-state index contributed by atoms with van der Waals surface area (Å²) >= 11 is 1.27. The summed E-state index contributed by atoms with van der Waals surface area (Å²) in [6, 6.07) is 8.58. The maximum Gasteiger partial charge on any atom is 0.416 e. The summed E-state index contributed by atoms with van der Waals surface area (Å²) in [7, 11) is 0. The molecule has 3 N–H and O–H groups in total. The highest BCUT2D eigenvalue weighted by molar-refractivity contribution is 7.14. The summed E-state index contributed by atoms with van der Waals surface area (Å²) in [5, 5.41) is 3.04. The molecule has 0 atom stereocenters. The Morgan fingerprint density at radius 3 is 2.57 bits per heavy atom. The van der Waals surface area contributed by atoms with Gasteiger partial charge in [0.15, 0.2) is 0 Å². The van der Waals surface area contributed by atoms with E-state index in [1.165, 1.54) is 17.4 Å². The van der Waals surface area contributed by atoms with E-state index >= 15 is 0 Å². The Balaban J connectivity index is 1.92. The van der Waals surface area contributed by atoms with Gasteiger partial charge in [0.25, 0.3) is 5.91 Å². The number of carbonyl (C=O) groups excluding carboxylic acids is 1. The molecule has 0 aliphatic heterocycles. The molecule has 112 valence electrons. The molecule has 1 aromatic heterocycles. The number of carbonyl (C=O) groups is 1. The van der Waals surface area contributed by atoms with Crippen molar-refractivity contribution in [1.29, 1.82) is 0 Å². The summed E-state index contributed by atoms with van der Waals surface area (Å²) in [5.41, 5.74) is 5.04. The number of primary amides is 1. The van der Waals surface area contributed by atoms with Crippen molar-refractivity contribution in [3.8, 4) is 0 Å². The van der Waals surface area contributed by atoms with Crippen LogP contribution in [0.25, 0.3) is 0 Å². The van der Waals surface area contributed by atoms with E-state index in [2.05, 4.69) is 5.32 Å². The topological polar surface area (TPSA) is 55.1 Å². The zero-order valence-electron chi connectivity index (χ0n) is 10.9. The minimum atomic E-state index is -4.33. The molecular formula is C14H13F3N2OS. The van der Waals surface area contributed by atoms with E-state index in [-0.39, 0.29) is 0 Å². The Morgan fingerprint density at radius 1 is 1.19 bits per heavy atom. The first-order chi connectivity index (χ1) is 9.86. The van der Waals surface area contributed by atoms with Crippen molar-refractivity contribution < 1.29 is 18.0 Å². The Morgan fingerprint density at radius 2 is 1.95 bits per heavy atom. The van der Waals surface area contributed by atoms with Crippen LogP contribution in [0.1, 0.15) is 25.7 Å². The largest absolute Gasteiger partial charge is 0.416 e. The predicted octanol–water partition coefficient (Wildman–Crippen LogP) is 3.16. The second-order valence-electron chi connectivity index (χ2n) is 4.43. The standard InChI is InChI=1S/C14H13F3N2OS/c15-14(16,17)10-3-1-2-9(6-10)7-19-8-11-4-5-12(21-11)13(18)20/h1-6,19H,7-8H2,(H2,18,20). The van der Waals surface area contributed by atoms with Crippen molar-refractivity contribution in [2.75, 3.05) is 0 Å². The maximum absolute atomic E-state index is 12.6. The van der Waals surface area contributed by atoms with Crippen molar-refractivity contribution in [3.63, 3.8) is 0 Å². The first kappa shape index (κ1) is 15.5. The fourth-order valence-corrected chi connectivity index (χ4v) is 2.62. The molecule has 0 aliphatic rings. The Hall–Kier alpha value is -1.86. The van der Waals surface area contributed by atoms with Crippen molar-refractivity contribution in [2.45, 2.75) is 19.3 Å². The van der Waals surface area contributed by atoms with E-state index in [1.54, 1.807) is 18.2 Å². The van der Waals surface area contributed by atoms with Crippen molar-refractivity contribution in [3.05, 3.63) is 57.3 Å². The van der Waals surface area contributed by atoms with Crippen LogP contribution in [0, 0.1) is 0 Å². The van der Waals surface area contributed by atoms with Gasteiger partial charge in [-0.3, -0.25) is 4.79 Å². The van der Waals surface area contributed by atoms with Gasteiger partial charge in [0.1, 0.15) is 0 Å². The molecule has 0 unspecified atom stereocenters. The number of rotatable bonds is 5. The van der Waals surface area contributed by atoms with Gasteiger partial charge >= 0.3 is 6.18 Å². The zero-order chi connectivity index (χ0) is 15.5. The third-order valence-corrected chi connectivity index (χ3v) is 3.89. The number of nitrogens with two attached hydrogens (primary N) is 1. The third kappa shape index (κ3) is 4.30. The van der Waals surface area contributed by atoms with Gasteiger partial charge in [-0.05, 0) is 23.8 Å². The molecule has 0 aliphatic carbocycles. The van der Waals surface area contributed by atoms with Gasteiger partial charge in [0.05, 0.1) is 10.4 Å². The normalized spacial score (nSPS) is 11.6. The van der Waals surface area contributed by atoms with E-state index in [9.17, 15) is 18.0 Å². The molecule has 0 bridgehead atoms. The van der Waals surface area contributed by atoms with E-state index in [0.717, 1.165) is 17.0 Å². The van der Waals surface area contributed by atoms with Gasteiger partial charge in [0, 0.05) is 18.0 Å². The average Bonchev–Trinajstić information content (AvgIpc) is 2.87. The summed E-state index contributed by atoms with van der Waals surface area (Å²) in [6.07, 6.45) is -4.33. The molecule has 21 heavy (non-hydrogen) atoms. The third-order valence-electron chi connectivity index (χ3n) is 2.79. The van der Waals surface area contributed by atoms with Crippen LogP contribution in [-0.2, 0) is 19.3 Å². The summed E-state index contributed by atoms with van der Waals surface area (Å²) < 4.78 is 37.7. The highest BCUT2D eigenvalue weighted by Crippen LogP contribution is 2.29. The lowest BCUT2D eigenvalue weighted by Crippen LogP contribution is -2.13. The van der Waals surface area contributed by atoms with Crippen LogP contribution in [-0.4, -0.2) is 5.91 Å². The van der Waals surface area contributed by atoms with Gasteiger partial charge in [-0.15, -0.1) is 11.3 Å². The smallest absolute Gasteiger partial charge is 0.365 e. The van der Waals surface area contributed by atoms with E-state index in [1.807, 2.05) is 0 Å². The highest BCUT2D eigenvalue weighted by Gasteiger charge is 2.30. The monoisotopic (exact) mass is 314 g/mol. The number of benzene rings is 1. The van der Waals surface area contributed by atoms with Gasteiger partial charge in [-0.2, -0.15) is 13.2 Å². The zero-order valence-corrected chi connectivity index (χ0v) is 11.7. The Kier molecular flexibility index (Phi) is 4.64. The van der Waals surface area contributed by atoms with Gasteiger partial charge < -0.3 is 11.1 Å². The van der Waals surface area contributed by atoms with Gasteiger partial charge in [0.2, 0.25) is 0 Å². The molecule has 2 rings (SSSR count). The fourth-order valence-electron chi connectivity index (χ4n) is 1.79. The number of amides is 1. The maximum atomic E-state index is 12.6. The van der Waals surface area contributed by atoms with Gasteiger partial charge in [-0.1, -0.05) is 18.2 Å². The Labute approximate surface area is 123 Å². The number of alkyl halides is 3. The van der Waals surface area contributed by atoms with Crippen molar-refractivity contribution in [1.82, 2.24) is 5.32 Å². The average molecular weight is 314 g/mol. The molecule has 0 saturated heterocycles. The first-order valence-electron chi connectivity index (χ1n) is 6.11. The van der Waals surface area contributed by atoms with E-state index in [0.29, 0.717) is 23.5 Å². The lowest BCUT2D eigenvalue weighted by molar-refractivity contribution is -0.137. The van der Waals surface area contributed by atoms with E-state index in [4.69, 9.17) is 5.73 Å². The highest BCUT2D eigenvalue weighted by atomic mass is 32.1. The summed E-state index contributed by atoms with van der Waals surface area (Å²) in [4.78, 5) is 12.3. The molecule has 1 heterocycles. The molecule has 0 saturated carbocycles. The molecule has 0 fully saturated rings. The number of hydrogen-bond donors (Lipinski definition) is 2. The minimum absolute atomic E-state index is 0.313. The summed E-state index contributed by atoms with van der Waals surface area (Å²) in [6.45, 7) is 0.780. The SMILES string of the molecule is NC(=O)c1ccc(CNCc2cccc(C(F)(F)F)c2)s1. The minimum Gasteiger partial charge on any atom is -0.365 e. The molecule has 7 heteroatoms. The quantitative estimate of drug-likeness (QED) is 0.891. The second-order valence-corrected chi connectivity index (χ2v) is 5.60. The molecule has 1 aromatic carbocycles. The molecule has 0 spiro atoms. The fraction of sp³-hybridized carbons (Fsp3) is 0.214. The van der Waals surface area contributed by atoms with Crippen molar-refractivity contribution in [2.24, 2.45) is 5.73 Å². The molecule has 0 radical (unpaired) electrons.